The highest BCUT2D eigenvalue weighted by molar-refractivity contribution is 7.89. The molecular weight excluding hydrogens is 370 g/mol. The lowest BCUT2D eigenvalue weighted by Gasteiger charge is -2.35. The van der Waals surface area contributed by atoms with Crippen LogP contribution in [0.2, 0.25) is 0 Å². The first-order chi connectivity index (χ1) is 12.6. The first-order valence-corrected chi connectivity index (χ1v) is 10.3. The summed E-state index contributed by atoms with van der Waals surface area (Å²) in [7, 11) is -3.59. The van der Waals surface area contributed by atoms with Crippen molar-refractivity contribution in [3.05, 3.63) is 59.7 Å². The molecule has 2 aromatic rings. The Labute approximate surface area is 159 Å². The molecule has 2 aromatic carbocycles. The zero-order valence-electron chi connectivity index (χ0n) is 15.7. The minimum Gasteiger partial charge on any atom is -0.367 e. The van der Waals surface area contributed by atoms with Gasteiger partial charge in [-0.1, -0.05) is 32.9 Å². The summed E-state index contributed by atoms with van der Waals surface area (Å²) in [5.41, 5.74) is 1.31. The number of hydrogen-bond acceptors (Lipinski definition) is 3. The van der Waals surface area contributed by atoms with Crippen molar-refractivity contribution in [2.75, 3.05) is 31.1 Å². The Bertz CT molecular complexity index is 914. The number of anilines is 1. The van der Waals surface area contributed by atoms with Gasteiger partial charge in [0.05, 0.1) is 10.6 Å². The highest BCUT2D eigenvalue weighted by Crippen LogP contribution is 2.26. The van der Waals surface area contributed by atoms with E-state index in [0.29, 0.717) is 18.8 Å². The lowest BCUT2D eigenvalue weighted by molar-refractivity contribution is 0.383. The molecule has 27 heavy (non-hydrogen) atoms. The topological polar surface area (TPSA) is 40.6 Å². The molecule has 3 rings (SSSR count). The molecule has 0 aliphatic carbocycles. The predicted molar refractivity (Wildman–Crippen MR) is 102 cm³/mol. The molecule has 0 bridgehead atoms. The standard InChI is InChI=1S/C20H24F2N2O2S/c1-20(2,3)15-4-7-17(8-5-15)27(25,26)24-12-10-23(11-13-24)19-9-6-16(21)14-18(19)22/h4-9,14H,10-13H2,1-3H3. The summed E-state index contributed by atoms with van der Waals surface area (Å²) in [6.45, 7) is 7.42. The molecule has 0 N–H and O–H groups in total. The van der Waals surface area contributed by atoms with Crippen molar-refractivity contribution in [3.63, 3.8) is 0 Å². The maximum Gasteiger partial charge on any atom is 0.243 e. The van der Waals surface area contributed by atoms with Gasteiger partial charge in [0.1, 0.15) is 11.6 Å². The molecule has 1 aliphatic heterocycles. The van der Waals surface area contributed by atoms with Crippen molar-refractivity contribution in [3.8, 4) is 0 Å². The van der Waals surface area contributed by atoms with Crippen LogP contribution in [0.4, 0.5) is 14.5 Å². The van der Waals surface area contributed by atoms with Crippen LogP contribution in [-0.4, -0.2) is 38.9 Å². The molecule has 0 aromatic heterocycles. The van der Waals surface area contributed by atoms with Crippen molar-refractivity contribution in [1.29, 1.82) is 0 Å². The van der Waals surface area contributed by atoms with Crippen LogP contribution in [0.25, 0.3) is 0 Å². The Kier molecular flexibility index (Phi) is 5.27. The first-order valence-electron chi connectivity index (χ1n) is 8.90. The number of sulfonamides is 1. The first kappa shape index (κ1) is 19.8. The molecule has 1 saturated heterocycles. The van der Waals surface area contributed by atoms with Gasteiger partial charge in [-0.25, -0.2) is 17.2 Å². The summed E-state index contributed by atoms with van der Waals surface area (Å²) in [5.74, 6) is -1.26. The zero-order valence-corrected chi connectivity index (χ0v) is 16.6. The molecule has 0 amide bonds. The quantitative estimate of drug-likeness (QED) is 0.796. The van der Waals surface area contributed by atoms with Crippen molar-refractivity contribution in [2.24, 2.45) is 0 Å². The van der Waals surface area contributed by atoms with Crippen LogP contribution in [0.1, 0.15) is 26.3 Å². The van der Waals surface area contributed by atoms with E-state index in [0.717, 1.165) is 11.6 Å². The number of benzene rings is 2. The van der Waals surface area contributed by atoms with E-state index < -0.39 is 21.7 Å². The van der Waals surface area contributed by atoms with E-state index in [1.807, 2.05) is 12.1 Å². The number of hydrogen-bond donors (Lipinski definition) is 0. The number of rotatable bonds is 3. The van der Waals surface area contributed by atoms with Gasteiger partial charge < -0.3 is 4.90 Å². The van der Waals surface area contributed by atoms with Gasteiger partial charge in [0.2, 0.25) is 10.0 Å². The molecule has 1 fully saturated rings. The molecule has 0 unspecified atom stereocenters. The Hall–Kier alpha value is -1.99. The molecule has 1 aliphatic rings. The molecular formula is C20H24F2N2O2S. The van der Waals surface area contributed by atoms with Crippen molar-refractivity contribution < 1.29 is 17.2 Å². The van der Waals surface area contributed by atoms with Crippen molar-refractivity contribution >= 4 is 15.7 Å². The van der Waals surface area contributed by atoms with Gasteiger partial charge in [-0.15, -0.1) is 0 Å². The summed E-state index contributed by atoms with van der Waals surface area (Å²) in [6.07, 6.45) is 0. The number of nitrogens with zero attached hydrogens (tertiary/aromatic N) is 2. The fourth-order valence-corrected chi connectivity index (χ4v) is 4.61. The molecule has 0 radical (unpaired) electrons. The van der Waals surface area contributed by atoms with Gasteiger partial charge in [-0.2, -0.15) is 4.31 Å². The van der Waals surface area contributed by atoms with E-state index in [4.69, 9.17) is 0 Å². The predicted octanol–water partition coefficient (Wildman–Crippen LogP) is 3.77. The minimum atomic E-state index is -3.59. The van der Waals surface area contributed by atoms with Crippen LogP contribution in [0.3, 0.4) is 0 Å². The Morgan fingerprint density at radius 2 is 1.48 bits per heavy atom. The smallest absolute Gasteiger partial charge is 0.243 e. The highest BCUT2D eigenvalue weighted by atomic mass is 32.2. The van der Waals surface area contributed by atoms with E-state index >= 15 is 0 Å². The van der Waals surface area contributed by atoms with Gasteiger partial charge in [0.25, 0.3) is 0 Å². The fourth-order valence-electron chi connectivity index (χ4n) is 3.18. The van der Waals surface area contributed by atoms with Gasteiger partial charge in [-0.05, 0) is 35.2 Å². The maximum absolute atomic E-state index is 14.0. The van der Waals surface area contributed by atoms with Crippen LogP contribution in [0.15, 0.2) is 47.4 Å². The van der Waals surface area contributed by atoms with Crippen LogP contribution in [0.5, 0.6) is 0 Å². The molecule has 4 nitrogen and oxygen atoms in total. The SMILES string of the molecule is CC(C)(C)c1ccc(S(=O)(=O)N2CCN(c3ccc(F)cc3F)CC2)cc1. The average molecular weight is 394 g/mol. The van der Waals surface area contributed by atoms with Gasteiger partial charge >= 0.3 is 0 Å². The van der Waals surface area contributed by atoms with Crippen LogP contribution in [0, 0.1) is 11.6 Å². The normalized spacial score (nSPS) is 16.6. The van der Waals surface area contributed by atoms with Crippen molar-refractivity contribution in [1.82, 2.24) is 4.31 Å². The number of halogens is 2. The molecule has 1 heterocycles. The lowest BCUT2D eigenvalue weighted by Crippen LogP contribution is -2.48. The lowest BCUT2D eigenvalue weighted by atomic mass is 9.87. The average Bonchev–Trinajstić information content (AvgIpc) is 2.61. The Morgan fingerprint density at radius 1 is 0.889 bits per heavy atom. The third-order valence-electron chi connectivity index (χ3n) is 4.85. The van der Waals surface area contributed by atoms with Crippen LogP contribution >= 0.6 is 0 Å². The van der Waals surface area contributed by atoms with E-state index in [9.17, 15) is 17.2 Å². The second kappa shape index (κ2) is 7.20. The van der Waals surface area contributed by atoms with Gasteiger partial charge in [-0.3, -0.25) is 0 Å². The van der Waals surface area contributed by atoms with Crippen LogP contribution < -0.4 is 4.90 Å². The second-order valence-electron chi connectivity index (χ2n) is 7.76. The summed E-state index contributed by atoms with van der Waals surface area (Å²) >= 11 is 0. The molecule has 0 atom stereocenters. The second-order valence-corrected chi connectivity index (χ2v) is 9.70. The number of piperazine rings is 1. The third-order valence-corrected chi connectivity index (χ3v) is 6.76. The molecule has 7 heteroatoms. The molecule has 0 saturated carbocycles. The Morgan fingerprint density at radius 3 is 2.00 bits per heavy atom. The van der Waals surface area contributed by atoms with E-state index in [1.165, 1.54) is 16.4 Å². The molecule has 0 spiro atoms. The summed E-state index contributed by atoms with van der Waals surface area (Å²) in [6, 6.07) is 10.4. The van der Waals surface area contributed by atoms with Crippen LogP contribution in [-0.2, 0) is 15.4 Å². The minimum absolute atomic E-state index is 0.0485. The summed E-state index contributed by atoms with van der Waals surface area (Å²) in [5, 5.41) is 0. The largest absolute Gasteiger partial charge is 0.367 e. The van der Waals surface area contributed by atoms with E-state index in [2.05, 4.69) is 20.8 Å². The molecule has 146 valence electrons. The Balaban J connectivity index is 1.73. The highest BCUT2D eigenvalue weighted by Gasteiger charge is 2.29. The van der Waals surface area contributed by atoms with E-state index in [1.54, 1.807) is 17.0 Å². The fraction of sp³-hybridized carbons (Fsp3) is 0.400. The maximum atomic E-state index is 14.0. The van der Waals surface area contributed by atoms with Crippen molar-refractivity contribution in [2.45, 2.75) is 31.1 Å². The summed E-state index contributed by atoms with van der Waals surface area (Å²) < 4.78 is 54.2. The zero-order chi connectivity index (χ0) is 19.8. The third kappa shape index (κ3) is 4.14. The monoisotopic (exact) mass is 394 g/mol. The van der Waals surface area contributed by atoms with Gasteiger partial charge in [0.15, 0.2) is 0 Å². The van der Waals surface area contributed by atoms with Gasteiger partial charge in [0, 0.05) is 32.2 Å². The van der Waals surface area contributed by atoms with E-state index in [-0.39, 0.29) is 23.4 Å². The summed E-state index contributed by atoms with van der Waals surface area (Å²) in [4.78, 5) is 2.00.